The Hall–Kier alpha value is -2.14. The number of rotatable bonds is 4. The van der Waals surface area contributed by atoms with Crippen molar-refractivity contribution < 1.29 is 9.21 Å². The quantitative estimate of drug-likeness (QED) is 0.735. The highest BCUT2D eigenvalue weighted by molar-refractivity contribution is 7.09. The highest BCUT2D eigenvalue weighted by Crippen LogP contribution is 2.21. The van der Waals surface area contributed by atoms with E-state index in [1.807, 2.05) is 43.6 Å². The molecule has 0 aliphatic carbocycles. The molecule has 4 nitrogen and oxygen atoms in total. The Labute approximate surface area is 133 Å². The highest BCUT2D eigenvalue weighted by Gasteiger charge is 2.17. The smallest absolute Gasteiger partial charge is 0.289 e. The maximum Gasteiger partial charge on any atom is 0.289 e. The van der Waals surface area contributed by atoms with Crippen LogP contribution in [0, 0.1) is 13.8 Å². The summed E-state index contributed by atoms with van der Waals surface area (Å²) in [4.78, 5) is 19.6. The van der Waals surface area contributed by atoms with Crippen molar-refractivity contribution in [3.8, 4) is 0 Å². The summed E-state index contributed by atoms with van der Waals surface area (Å²) in [6.45, 7) is 4.67. The molecule has 0 N–H and O–H groups in total. The maximum absolute atomic E-state index is 12.5. The second-order valence-corrected chi connectivity index (χ2v) is 6.43. The van der Waals surface area contributed by atoms with Crippen LogP contribution in [-0.2, 0) is 6.42 Å². The molecule has 0 spiro atoms. The zero-order chi connectivity index (χ0) is 15.7. The molecule has 0 saturated carbocycles. The van der Waals surface area contributed by atoms with Crippen LogP contribution < -0.4 is 0 Å². The lowest BCUT2D eigenvalue weighted by Crippen LogP contribution is -2.28. The summed E-state index contributed by atoms with van der Waals surface area (Å²) in [6.07, 6.45) is 0.818. The third-order valence-corrected chi connectivity index (χ3v) is 4.74. The third-order valence-electron chi connectivity index (χ3n) is 3.75. The van der Waals surface area contributed by atoms with E-state index < -0.39 is 0 Å². The number of hydrogen-bond donors (Lipinski definition) is 0. The van der Waals surface area contributed by atoms with E-state index in [0.29, 0.717) is 12.3 Å². The minimum absolute atomic E-state index is 0.0870. The number of hydrogen-bond acceptors (Lipinski definition) is 4. The van der Waals surface area contributed by atoms with Crippen molar-refractivity contribution >= 4 is 28.2 Å². The van der Waals surface area contributed by atoms with Gasteiger partial charge in [-0.05, 0) is 32.0 Å². The molecule has 22 heavy (non-hydrogen) atoms. The zero-order valence-corrected chi connectivity index (χ0v) is 13.7. The second-order valence-electron chi connectivity index (χ2n) is 5.49. The van der Waals surface area contributed by atoms with Gasteiger partial charge in [0.05, 0.1) is 11.2 Å². The molecule has 5 heteroatoms. The number of fused-ring (bicyclic) bond motifs is 1. The van der Waals surface area contributed by atoms with Gasteiger partial charge in [-0.15, -0.1) is 11.3 Å². The number of amides is 1. The molecule has 0 bridgehead atoms. The van der Waals surface area contributed by atoms with Crippen molar-refractivity contribution in [3.63, 3.8) is 0 Å². The van der Waals surface area contributed by atoms with Crippen molar-refractivity contribution in [1.29, 1.82) is 0 Å². The minimum atomic E-state index is -0.0870. The van der Waals surface area contributed by atoms with Crippen molar-refractivity contribution in [2.45, 2.75) is 20.3 Å². The van der Waals surface area contributed by atoms with E-state index in [2.05, 4.69) is 4.98 Å². The first-order valence-electron chi connectivity index (χ1n) is 7.19. The van der Waals surface area contributed by atoms with Gasteiger partial charge in [0.2, 0.25) is 0 Å². The molecule has 0 fully saturated rings. The zero-order valence-electron chi connectivity index (χ0n) is 12.9. The van der Waals surface area contributed by atoms with Crippen LogP contribution in [0.1, 0.15) is 26.7 Å². The van der Waals surface area contributed by atoms with Gasteiger partial charge in [0.1, 0.15) is 5.58 Å². The fourth-order valence-electron chi connectivity index (χ4n) is 2.39. The van der Waals surface area contributed by atoms with Gasteiger partial charge in [0.25, 0.3) is 5.91 Å². The lowest BCUT2D eigenvalue weighted by atomic mass is 10.2. The van der Waals surface area contributed by atoms with Gasteiger partial charge in [-0.1, -0.05) is 11.6 Å². The largest absolute Gasteiger partial charge is 0.451 e. The Morgan fingerprint density at radius 3 is 2.86 bits per heavy atom. The number of thiazole rings is 1. The van der Waals surface area contributed by atoms with Gasteiger partial charge < -0.3 is 9.32 Å². The number of aryl methyl sites for hydroxylation is 2. The van der Waals surface area contributed by atoms with E-state index in [4.69, 9.17) is 4.42 Å². The van der Waals surface area contributed by atoms with E-state index in [1.54, 1.807) is 23.3 Å². The number of aromatic nitrogens is 1. The number of carbonyl (C=O) groups is 1. The van der Waals surface area contributed by atoms with Crippen LogP contribution in [0.15, 0.2) is 34.2 Å². The predicted molar refractivity (Wildman–Crippen MR) is 88.5 cm³/mol. The molecule has 0 radical (unpaired) electrons. The van der Waals surface area contributed by atoms with Gasteiger partial charge in [0.15, 0.2) is 5.76 Å². The minimum Gasteiger partial charge on any atom is -0.451 e. The Morgan fingerprint density at radius 2 is 2.14 bits per heavy atom. The summed E-state index contributed by atoms with van der Waals surface area (Å²) in [5.41, 5.74) is 4.79. The van der Waals surface area contributed by atoms with E-state index in [9.17, 15) is 4.79 Å². The van der Waals surface area contributed by atoms with Crippen LogP contribution in [0.2, 0.25) is 0 Å². The average molecular weight is 314 g/mol. The molecular formula is C17H18N2O2S. The van der Waals surface area contributed by atoms with Crippen molar-refractivity contribution in [2.24, 2.45) is 0 Å². The molecule has 3 rings (SSSR count). The SMILES string of the molecule is Cc1ccc2oc(C(=O)N(C)CCc3scnc3C)cc2c1. The molecule has 1 aromatic carbocycles. The van der Waals surface area contributed by atoms with Crippen LogP contribution in [0.25, 0.3) is 11.0 Å². The van der Waals surface area contributed by atoms with Crippen molar-refractivity contribution in [2.75, 3.05) is 13.6 Å². The molecule has 0 unspecified atom stereocenters. The molecule has 0 aliphatic rings. The number of benzene rings is 1. The molecule has 0 saturated heterocycles. The first kappa shape index (κ1) is 14.8. The van der Waals surface area contributed by atoms with Gasteiger partial charge in [-0.25, -0.2) is 4.98 Å². The van der Waals surface area contributed by atoms with E-state index >= 15 is 0 Å². The summed E-state index contributed by atoms with van der Waals surface area (Å²) >= 11 is 1.63. The first-order chi connectivity index (χ1) is 10.5. The second kappa shape index (κ2) is 5.93. The molecule has 1 amide bonds. The standard InChI is InChI=1S/C17H18N2O2S/c1-11-4-5-14-13(8-11)9-15(21-14)17(20)19(3)7-6-16-12(2)18-10-22-16/h4-5,8-10H,6-7H2,1-3H3. The molecule has 114 valence electrons. The van der Waals surface area contributed by atoms with Gasteiger partial charge in [0, 0.05) is 30.3 Å². The summed E-state index contributed by atoms with van der Waals surface area (Å²) in [6, 6.07) is 7.73. The number of nitrogens with zero attached hydrogens (tertiary/aromatic N) is 2. The monoisotopic (exact) mass is 314 g/mol. The number of likely N-dealkylation sites (N-methyl/N-ethyl adjacent to an activating group) is 1. The molecule has 2 heterocycles. The Bertz CT molecular complexity index is 819. The van der Waals surface area contributed by atoms with E-state index in [-0.39, 0.29) is 5.91 Å². The van der Waals surface area contributed by atoms with Crippen LogP contribution >= 0.6 is 11.3 Å². The topological polar surface area (TPSA) is 46.3 Å². The van der Waals surface area contributed by atoms with E-state index in [0.717, 1.165) is 28.6 Å². The summed E-state index contributed by atoms with van der Waals surface area (Å²) in [5, 5.41) is 0.968. The molecule has 0 atom stereocenters. The summed E-state index contributed by atoms with van der Waals surface area (Å²) in [5.74, 6) is 0.306. The van der Waals surface area contributed by atoms with Gasteiger partial charge in [-0.2, -0.15) is 0 Å². The molecule has 3 aromatic rings. The lowest BCUT2D eigenvalue weighted by molar-refractivity contribution is 0.0767. The highest BCUT2D eigenvalue weighted by atomic mass is 32.1. The predicted octanol–water partition coefficient (Wildman–Crippen LogP) is 3.82. The third kappa shape index (κ3) is 2.90. The number of furan rings is 1. The van der Waals surface area contributed by atoms with Crippen molar-refractivity contribution in [3.05, 3.63) is 51.7 Å². The van der Waals surface area contributed by atoms with Crippen LogP contribution in [0.5, 0.6) is 0 Å². The van der Waals surface area contributed by atoms with Gasteiger partial charge >= 0.3 is 0 Å². The lowest BCUT2D eigenvalue weighted by Gasteiger charge is -2.15. The fraction of sp³-hybridized carbons (Fsp3) is 0.294. The molecular weight excluding hydrogens is 296 g/mol. The molecule has 2 aromatic heterocycles. The Balaban J connectivity index is 1.72. The van der Waals surface area contributed by atoms with Crippen LogP contribution in [0.4, 0.5) is 0 Å². The maximum atomic E-state index is 12.5. The number of carbonyl (C=O) groups excluding carboxylic acids is 1. The summed E-state index contributed by atoms with van der Waals surface area (Å²) < 4.78 is 5.67. The van der Waals surface area contributed by atoms with Crippen LogP contribution in [-0.4, -0.2) is 29.4 Å². The Morgan fingerprint density at radius 1 is 1.32 bits per heavy atom. The summed E-state index contributed by atoms with van der Waals surface area (Å²) in [7, 11) is 1.80. The average Bonchev–Trinajstić information content (AvgIpc) is 3.09. The Kier molecular flexibility index (Phi) is 3.98. The van der Waals surface area contributed by atoms with Crippen molar-refractivity contribution in [1.82, 2.24) is 9.88 Å². The molecule has 0 aliphatic heterocycles. The fourth-order valence-corrected chi connectivity index (χ4v) is 3.16. The van der Waals surface area contributed by atoms with E-state index in [1.165, 1.54) is 4.88 Å². The normalized spacial score (nSPS) is 11.0. The van der Waals surface area contributed by atoms with Gasteiger partial charge in [-0.3, -0.25) is 4.79 Å². The van der Waals surface area contributed by atoms with Crippen LogP contribution in [0.3, 0.4) is 0 Å². The first-order valence-corrected chi connectivity index (χ1v) is 8.07.